The molecule has 2 heteroatoms. The van der Waals surface area contributed by atoms with Gasteiger partial charge in [0.1, 0.15) is 0 Å². The molecule has 2 nitrogen and oxygen atoms in total. The van der Waals surface area contributed by atoms with Gasteiger partial charge in [0.15, 0.2) is 0 Å². The van der Waals surface area contributed by atoms with Gasteiger partial charge in [0.05, 0.1) is 6.10 Å². The fourth-order valence-electron chi connectivity index (χ4n) is 2.19. The van der Waals surface area contributed by atoms with E-state index in [0.29, 0.717) is 12.6 Å². The van der Waals surface area contributed by atoms with Crippen molar-refractivity contribution < 1.29 is 5.11 Å². The molecule has 0 aliphatic heterocycles. The Labute approximate surface area is 97.7 Å². The number of nitrogens with one attached hydrogen (secondary N) is 1. The van der Waals surface area contributed by atoms with Gasteiger partial charge in [-0.15, -0.1) is 0 Å². The summed E-state index contributed by atoms with van der Waals surface area (Å²) >= 11 is 0. The fourth-order valence-corrected chi connectivity index (χ4v) is 2.19. The van der Waals surface area contributed by atoms with Gasteiger partial charge in [-0.05, 0) is 43.7 Å². The largest absolute Gasteiger partial charge is 0.392 e. The highest BCUT2D eigenvalue weighted by atomic mass is 16.3. The molecule has 1 aromatic carbocycles. The van der Waals surface area contributed by atoms with Crippen molar-refractivity contribution in [2.45, 2.75) is 38.8 Å². The van der Waals surface area contributed by atoms with Crippen LogP contribution in [0.25, 0.3) is 0 Å². The third-order valence-corrected chi connectivity index (χ3v) is 3.25. The topological polar surface area (TPSA) is 32.3 Å². The number of benzene rings is 1. The van der Waals surface area contributed by atoms with E-state index in [4.69, 9.17) is 0 Å². The molecular formula is C14H21NO. The van der Waals surface area contributed by atoms with Gasteiger partial charge in [0.2, 0.25) is 0 Å². The summed E-state index contributed by atoms with van der Waals surface area (Å²) in [5.74, 6) is 0.764. The maximum Gasteiger partial charge on any atom is 0.0636 e. The zero-order valence-electron chi connectivity index (χ0n) is 10.1. The molecule has 1 fully saturated rings. The maximum absolute atomic E-state index is 9.36. The van der Waals surface area contributed by atoms with E-state index in [1.165, 1.54) is 24.0 Å². The summed E-state index contributed by atoms with van der Waals surface area (Å²) in [5.41, 5.74) is 2.74. The molecule has 1 aliphatic rings. The predicted molar refractivity (Wildman–Crippen MR) is 66.3 cm³/mol. The SMILES string of the molecule is Cc1ccccc1C(NC[C@H](C)O)C1CC1. The van der Waals surface area contributed by atoms with E-state index in [1.54, 1.807) is 0 Å². The molecular weight excluding hydrogens is 198 g/mol. The summed E-state index contributed by atoms with van der Waals surface area (Å²) in [7, 11) is 0. The van der Waals surface area contributed by atoms with Crippen molar-refractivity contribution in [2.75, 3.05) is 6.54 Å². The monoisotopic (exact) mass is 219 g/mol. The molecule has 2 N–H and O–H groups in total. The molecule has 1 aromatic rings. The first-order valence-corrected chi connectivity index (χ1v) is 6.15. The van der Waals surface area contributed by atoms with Crippen LogP contribution in [-0.2, 0) is 0 Å². The predicted octanol–water partition coefficient (Wildman–Crippen LogP) is 2.42. The Bertz CT molecular complexity index is 344. The molecule has 16 heavy (non-hydrogen) atoms. The fraction of sp³-hybridized carbons (Fsp3) is 0.571. The van der Waals surface area contributed by atoms with Crippen LogP contribution in [0.15, 0.2) is 24.3 Å². The molecule has 0 aromatic heterocycles. The van der Waals surface area contributed by atoms with E-state index < -0.39 is 0 Å². The lowest BCUT2D eigenvalue weighted by atomic mass is 9.97. The van der Waals surface area contributed by atoms with Crippen LogP contribution in [0.3, 0.4) is 0 Å². The minimum Gasteiger partial charge on any atom is -0.392 e. The number of hydrogen-bond acceptors (Lipinski definition) is 2. The number of rotatable bonds is 5. The smallest absolute Gasteiger partial charge is 0.0636 e. The Morgan fingerprint density at radius 3 is 2.62 bits per heavy atom. The van der Waals surface area contributed by atoms with Crippen LogP contribution in [0.1, 0.15) is 36.9 Å². The minimum atomic E-state index is -0.273. The molecule has 2 atom stereocenters. The van der Waals surface area contributed by atoms with E-state index >= 15 is 0 Å². The first kappa shape index (κ1) is 11.6. The van der Waals surface area contributed by atoms with E-state index in [1.807, 2.05) is 6.92 Å². The van der Waals surface area contributed by atoms with Gasteiger partial charge < -0.3 is 10.4 Å². The highest BCUT2D eigenvalue weighted by Gasteiger charge is 2.32. The molecule has 0 radical (unpaired) electrons. The third kappa shape index (κ3) is 2.83. The number of aliphatic hydroxyl groups excluding tert-OH is 1. The average molecular weight is 219 g/mol. The summed E-state index contributed by atoms with van der Waals surface area (Å²) in [6.07, 6.45) is 2.35. The van der Waals surface area contributed by atoms with Crippen molar-refractivity contribution in [3.8, 4) is 0 Å². The number of hydrogen-bond donors (Lipinski definition) is 2. The van der Waals surface area contributed by atoms with Crippen LogP contribution in [0.4, 0.5) is 0 Å². The average Bonchev–Trinajstić information content (AvgIpc) is 3.04. The quantitative estimate of drug-likeness (QED) is 0.797. The van der Waals surface area contributed by atoms with Gasteiger partial charge in [-0.1, -0.05) is 24.3 Å². The number of aryl methyl sites for hydroxylation is 1. The highest BCUT2D eigenvalue weighted by molar-refractivity contribution is 5.30. The van der Waals surface area contributed by atoms with Crippen molar-refractivity contribution in [3.63, 3.8) is 0 Å². The summed E-state index contributed by atoms with van der Waals surface area (Å²) in [6, 6.07) is 8.97. The van der Waals surface area contributed by atoms with Crippen LogP contribution >= 0.6 is 0 Å². The number of aliphatic hydroxyl groups is 1. The van der Waals surface area contributed by atoms with Crippen molar-refractivity contribution in [3.05, 3.63) is 35.4 Å². The van der Waals surface area contributed by atoms with Crippen molar-refractivity contribution in [1.29, 1.82) is 0 Å². The second-order valence-corrected chi connectivity index (χ2v) is 4.93. The van der Waals surface area contributed by atoms with Crippen molar-refractivity contribution in [2.24, 2.45) is 5.92 Å². The lowest BCUT2D eigenvalue weighted by Gasteiger charge is -2.21. The molecule has 0 heterocycles. The lowest BCUT2D eigenvalue weighted by molar-refractivity contribution is 0.184. The molecule has 0 bridgehead atoms. The van der Waals surface area contributed by atoms with Gasteiger partial charge in [0, 0.05) is 12.6 Å². The van der Waals surface area contributed by atoms with Gasteiger partial charge in [0.25, 0.3) is 0 Å². The second-order valence-electron chi connectivity index (χ2n) is 4.93. The van der Waals surface area contributed by atoms with Gasteiger partial charge >= 0.3 is 0 Å². The van der Waals surface area contributed by atoms with Crippen LogP contribution in [0, 0.1) is 12.8 Å². The van der Waals surface area contributed by atoms with Crippen LogP contribution in [-0.4, -0.2) is 17.8 Å². The van der Waals surface area contributed by atoms with Crippen molar-refractivity contribution in [1.82, 2.24) is 5.32 Å². The maximum atomic E-state index is 9.36. The summed E-state index contributed by atoms with van der Waals surface area (Å²) in [5, 5.41) is 12.8. The summed E-state index contributed by atoms with van der Waals surface area (Å²) < 4.78 is 0. The van der Waals surface area contributed by atoms with E-state index in [0.717, 1.165) is 5.92 Å². The minimum absolute atomic E-state index is 0.273. The summed E-state index contributed by atoms with van der Waals surface area (Å²) in [4.78, 5) is 0. The third-order valence-electron chi connectivity index (χ3n) is 3.25. The second kappa shape index (κ2) is 4.98. The Morgan fingerprint density at radius 2 is 2.06 bits per heavy atom. The molecule has 2 rings (SSSR count). The summed E-state index contributed by atoms with van der Waals surface area (Å²) in [6.45, 7) is 4.67. The normalized spacial score (nSPS) is 19.4. The standard InChI is InChI=1S/C14H21NO/c1-10-5-3-4-6-13(10)14(12-7-8-12)15-9-11(2)16/h3-6,11-12,14-16H,7-9H2,1-2H3/t11-,14?/m0/s1. The first-order valence-electron chi connectivity index (χ1n) is 6.15. The van der Waals surface area contributed by atoms with E-state index in [9.17, 15) is 5.11 Å². The molecule has 1 aliphatic carbocycles. The highest BCUT2D eigenvalue weighted by Crippen LogP contribution is 2.41. The zero-order valence-corrected chi connectivity index (χ0v) is 10.1. The molecule has 0 spiro atoms. The Hall–Kier alpha value is -0.860. The van der Waals surface area contributed by atoms with Gasteiger partial charge in [-0.25, -0.2) is 0 Å². The first-order chi connectivity index (χ1) is 7.68. The molecule has 88 valence electrons. The molecule has 1 unspecified atom stereocenters. The molecule has 0 saturated heterocycles. The van der Waals surface area contributed by atoms with Crippen molar-refractivity contribution >= 4 is 0 Å². The Balaban J connectivity index is 2.10. The molecule has 1 saturated carbocycles. The van der Waals surface area contributed by atoms with Gasteiger partial charge in [-0.2, -0.15) is 0 Å². The zero-order chi connectivity index (χ0) is 11.5. The van der Waals surface area contributed by atoms with Crippen LogP contribution in [0.5, 0.6) is 0 Å². The van der Waals surface area contributed by atoms with E-state index in [2.05, 4.69) is 36.5 Å². The Kier molecular flexibility index (Phi) is 3.62. The van der Waals surface area contributed by atoms with Crippen LogP contribution < -0.4 is 5.32 Å². The van der Waals surface area contributed by atoms with Crippen LogP contribution in [0.2, 0.25) is 0 Å². The molecule has 0 amide bonds. The lowest BCUT2D eigenvalue weighted by Crippen LogP contribution is -2.30. The van der Waals surface area contributed by atoms with Gasteiger partial charge in [-0.3, -0.25) is 0 Å². The Morgan fingerprint density at radius 1 is 1.38 bits per heavy atom. The van der Waals surface area contributed by atoms with E-state index in [-0.39, 0.29) is 6.10 Å².